The number of hydrogen-bond donors (Lipinski definition) is 0. The number of benzene rings is 4. The summed E-state index contributed by atoms with van der Waals surface area (Å²) in [7, 11) is 0. The van der Waals surface area contributed by atoms with Crippen LogP contribution >= 0.6 is 0 Å². The van der Waals surface area contributed by atoms with E-state index in [0.29, 0.717) is 0 Å². The standard InChI is InChI=1S/C58H66.C56H64.2U.2V.2Y/c1-19-36(2)37(3)25-20-21-26-38(4)40(6)28-23-31-52-45(11)47(13)54-33-34-55-48(14)46(12)53(50(16)57(55)58(17,18)56(54)49(52)15)32-24-29-41(7)39(5)27-22-30-51-35-42(8)43(9)44(51)10;1-19-34(2)35(3)25-20-21-26-36(4)38(6)28-23-31-50-43(11)45(13)52-53-46(14)44(12)51(48(16)55(53)56(17,18)54(52)47(50)15)32-24-29-39(7)37(5)27-22-30-49-33-40(8)41(9)42(49)10;;;;;;/h20-24,30-34H,35H2,1-18H3;20-24,30-32H,33H2,1-18H3;;;;;;/q2*-6;4*+2;;/b2*21-20+,30-22+,31-23+,32-24+;;;;;;. The normalized spacial score (nSPS) is 16.5. The second kappa shape index (κ2) is 50.4. The molecule has 614 valence electrons. The maximum absolute atomic E-state index is 3.56. The number of rotatable bonds is 22. The van der Waals surface area contributed by atoms with Gasteiger partial charge < -0.3 is 58.7 Å². The number of allylic oxidation sites excluding steroid dienone is 44. The average molecular weight is 2260 g/mol. The van der Waals surface area contributed by atoms with Crippen LogP contribution in [0, 0.1) is 218 Å². The quantitative estimate of drug-likeness (QED) is 0.0543. The van der Waals surface area contributed by atoms with E-state index in [1.165, 1.54) is 178 Å². The van der Waals surface area contributed by atoms with Gasteiger partial charge in [0, 0.05) is 76.2 Å². The summed E-state index contributed by atoms with van der Waals surface area (Å²) in [5.74, 6) is 0. The van der Waals surface area contributed by atoms with Crippen molar-refractivity contribution in [2.75, 3.05) is 0 Å². The van der Waals surface area contributed by atoms with Crippen molar-refractivity contribution in [2.45, 2.75) is 273 Å². The Morgan fingerprint density at radius 3 is 0.683 bits per heavy atom. The van der Waals surface area contributed by atoms with Crippen LogP contribution in [0.2, 0.25) is 0 Å². The molecule has 120 heavy (non-hydrogen) atoms. The van der Waals surface area contributed by atoms with E-state index in [0.717, 1.165) is 79.7 Å². The summed E-state index contributed by atoms with van der Waals surface area (Å²) in [6.45, 7) is 79.4. The molecule has 0 saturated carbocycles. The molecule has 0 aliphatic heterocycles. The summed E-state index contributed by atoms with van der Waals surface area (Å²) < 4.78 is 0. The third kappa shape index (κ3) is 26.3. The molecule has 6 heteroatoms. The van der Waals surface area contributed by atoms with Crippen LogP contribution < -0.4 is 0 Å². The Morgan fingerprint density at radius 1 is 0.258 bits per heavy atom. The summed E-state index contributed by atoms with van der Waals surface area (Å²) in [4.78, 5) is 0. The minimum Gasteiger partial charge on any atom is -0.349 e. The maximum atomic E-state index is 3.56. The number of hydrogen-bond acceptors (Lipinski definition) is 0. The van der Waals surface area contributed by atoms with Gasteiger partial charge in [-0.3, -0.25) is 68.9 Å². The van der Waals surface area contributed by atoms with Gasteiger partial charge in [-0.1, -0.05) is 140 Å². The van der Waals surface area contributed by atoms with Crippen molar-refractivity contribution in [3.05, 3.63) is 380 Å². The monoisotopic (exact) mass is 2250 g/mol. The minimum absolute atomic E-state index is 0. The molecule has 8 rings (SSSR count). The first-order chi connectivity index (χ1) is 53.5. The molecule has 4 aromatic rings. The van der Waals surface area contributed by atoms with Crippen LogP contribution in [0.15, 0.2) is 184 Å². The van der Waals surface area contributed by atoms with Crippen molar-refractivity contribution in [1.29, 1.82) is 0 Å². The van der Waals surface area contributed by atoms with Crippen LogP contribution in [0.1, 0.15) is 301 Å². The molecule has 4 radical (unpaired) electrons. The topological polar surface area (TPSA) is 0 Å². The second-order valence-corrected chi connectivity index (χ2v) is 33.4. The zero-order chi connectivity index (χ0) is 85.0. The molecular formula is C114H130U2V2Y2-4. The Balaban J connectivity index is 0.00000114. The fraction of sp³-hybridized carbons (Fsp3) is 0.351. The molecule has 0 fully saturated rings. The van der Waals surface area contributed by atoms with Crippen LogP contribution in [0.3, 0.4) is 0 Å². The van der Waals surface area contributed by atoms with Crippen LogP contribution in [-0.4, -0.2) is 0 Å². The predicted molar refractivity (Wildman–Crippen MR) is 499 cm³/mol. The van der Waals surface area contributed by atoms with Crippen molar-refractivity contribution in [1.82, 2.24) is 0 Å². The van der Waals surface area contributed by atoms with Gasteiger partial charge in [-0.05, 0) is 215 Å². The molecule has 0 N–H and O–H groups in total. The maximum Gasteiger partial charge on any atom is 2.00 e. The van der Waals surface area contributed by atoms with E-state index in [1.807, 2.05) is 65.8 Å². The average Bonchev–Trinajstić information content (AvgIpc) is 1.53. The van der Waals surface area contributed by atoms with E-state index in [-0.39, 0.29) is 176 Å². The summed E-state index contributed by atoms with van der Waals surface area (Å²) in [5.41, 5.74) is 56.3. The van der Waals surface area contributed by atoms with E-state index in [2.05, 4.69) is 366 Å². The van der Waals surface area contributed by atoms with Crippen LogP contribution in [0.4, 0.5) is 0 Å². The fourth-order valence-electron chi connectivity index (χ4n) is 16.7. The molecule has 0 heterocycles. The molecule has 0 nitrogen and oxygen atoms in total. The summed E-state index contributed by atoms with van der Waals surface area (Å²) in [5, 5.41) is 0. The molecule has 0 aromatic heterocycles. The number of fused-ring (bicyclic) bond motifs is 5. The zero-order valence-corrected chi connectivity index (χ0v) is 96.7. The van der Waals surface area contributed by atoms with E-state index >= 15 is 0 Å². The van der Waals surface area contributed by atoms with Gasteiger partial charge in [0.15, 0.2) is 0 Å². The fourth-order valence-corrected chi connectivity index (χ4v) is 16.7. The van der Waals surface area contributed by atoms with Gasteiger partial charge in [0.25, 0.3) is 0 Å². The Kier molecular flexibility index (Phi) is 47.8. The molecular weight excluding hydrogens is 2130 g/mol. The molecule has 0 bridgehead atoms. The zero-order valence-electron chi connectivity index (χ0n) is 79.9. The van der Waals surface area contributed by atoms with E-state index < -0.39 is 0 Å². The SMILES string of the molecule is C[C-]=C(C)C(C)=[C-]/C=C/[C-]=C(C)C(C)=[C-]/C=C/c1c(C)c(C)c2c(c1C)C(C)(C)c1c(C)c(/C=C/[C-]=C(C)C(C)=[C-]/C=C/C3=C(C)C(C)=C(C)C3)c(C)c(C)c1-2.C[C-]=C(C)C(C)=[C-]/C=C/[C-]=C(C)C(C)=[C-]/C=C/c1c(C)c(C)c2c(c1C)C(C)(C)c1c(C)c(/C=C/[C-]=C(C)C(C)=[C-]/C=C/C3=C(C)C(C)=C(C)C3)c(C)c(C)c1C=C2.[U+2].[U+2].[V+2].[V+2].[Y].[Y]. The van der Waals surface area contributed by atoms with Crippen molar-refractivity contribution < 1.29 is 165 Å². The van der Waals surface area contributed by atoms with Gasteiger partial charge >= 0.3 is 99.3 Å². The third-order valence-corrected chi connectivity index (χ3v) is 25.9. The first-order valence-corrected chi connectivity index (χ1v) is 40.9. The third-order valence-electron chi connectivity index (χ3n) is 25.9. The Hall–Kier alpha value is -4.14. The first-order valence-electron chi connectivity index (χ1n) is 40.9. The first kappa shape index (κ1) is 114. The van der Waals surface area contributed by atoms with Crippen molar-refractivity contribution in [3.8, 4) is 11.1 Å². The van der Waals surface area contributed by atoms with Crippen LogP contribution in [0.5, 0.6) is 0 Å². The molecule has 4 aliphatic rings. The van der Waals surface area contributed by atoms with Gasteiger partial charge in [-0.2, -0.15) is 72.9 Å². The van der Waals surface area contributed by atoms with Gasteiger partial charge in [0.2, 0.25) is 0 Å². The smallest absolute Gasteiger partial charge is 0.349 e. The van der Waals surface area contributed by atoms with Crippen molar-refractivity contribution in [2.24, 2.45) is 0 Å². The Labute approximate surface area is 854 Å². The summed E-state index contributed by atoms with van der Waals surface area (Å²) in [6.07, 6.45) is 81.2. The van der Waals surface area contributed by atoms with Crippen molar-refractivity contribution >= 4 is 36.5 Å². The van der Waals surface area contributed by atoms with Crippen LogP contribution in [-0.2, 0) is 113 Å². The van der Waals surface area contributed by atoms with Gasteiger partial charge in [0.1, 0.15) is 0 Å². The molecule has 0 amide bonds. The molecule has 0 saturated heterocycles. The predicted octanol–water partition coefficient (Wildman–Crippen LogP) is 31.6. The molecule has 4 aromatic carbocycles. The Morgan fingerprint density at radius 2 is 0.458 bits per heavy atom. The van der Waals surface area contributed by atoms with Gasteiger partial charge in [-0.15, -0.1) is 96.9 Å². The van der Waals surface area contributed by atoms with Gasteiger partial charge in [-0.25, -0.2) is 36.5 Å². The van der Waals surface area contributed by atoms with E-state index in [9.17, 15) is 0 Å². The Bertz CT molecular complexity index is 5400. The van der Waals surface area contributed by atoms with E-state index in [4.69, 9.17) is 0 Å². The minimum atomic E-state index is -0.246. The van der Waals surface area contributed by atoms with E-state index in [1.54, 1.807) is 0 Å². The summed E-state index contributed by atoms with van der Waals surface area (Å²) >= 11 is 0. The molecule has 0 unspecified atom stereocenters. The largest absolute Gasteiger partial charge is 2.00 e. The molecule has 0 spiro atoms. The van der Waals surface area contributed by atoms with Crippen LogP contribution in [0.25, 0.3) is 47.6 Å². The molecule has 4 aliphatic carbocycles. The summed E-state index contributed by atoms with van der Waals surface area (Å²) in [6, 6.07) is 0. The van der Waals surface area contributed by atoms with Gasteiger partial charge in [0.05, 0.1) is 0 Å². The second-order valence-electron chi connectivity index (χ2n) is 33.4. The molecule has 0 atom stereocenters. The van der Waals surface area contributed by atoms with Crippen molar-refractivity contribution in [3.63, 3.8) is 0 Å².